The van der Waals surface area contributed by atoms with Crippen LogP contribution < -0.4 is 10.1 Å². The van der Waals surface area contributed by atoms with Crippen molar-refractivity contribution in [2.24, 2.45) is 0 Å². The molecule has 30 heavy (non-hydrogen) atoms. The molecule has 0 aliphatic rings. The highest BCUT2D eigenvalue weighted by molar-refractivity contribution is 7.09. The molecule has 0 spiro atoms. The lowest BCUT2D eigenvalue weighted by Gasteiger charge is -2.08. The van der Waals surface area contributed by atoms with Crippen LogP contribution in [-0.4, -0.2) is 20.7 Å². The molecule has 0 saturated carbocycles. The van der Waals surface area contributed by atoms with E-state index in [1.807, 2.05) is 73.1 Å². The van der Waals surface area contributed by atoms with Gasteiger partial charge in [0, 0.05) is 35.1 Å². The molecule has 2 aromatic heterocycles. The summed E-state index contributed by atoms with van der Waals surface area (Å²) in [5.74, 6) is 0.477. The predicted molar refractivity (Wildman–Crippen MR) is 119 cm³/mol. The molecule has 4 rings (SSSR count). The Morgan fingerprint density at radius 2 is 2.10 bits per heavy atom. The van der Waals surface area contributed by atoms with Crippen LogP contribution >= 0.6 is 11.3 Å². The number of nitrogens with zero attached hydrogens (tertiary/aromatic N) is 3. The van der Waals surface area contributed by atoms with Crippen LogP contribution in [0.25, 0.3) is 11.8 Å². The first-order chi connectivity index (χ1) is 14.7. The first-order valence-electron chi connectivity index (χ1n) is 9.39. The van der Waals surface area contributed by atoms with Crippen molar-refractivity contribution in [2.75, 3.05) is 5.32 Å². The fourth-order valence-corrected chi connectivity index (χ4v) is 3.47. The highest BCUT2D eigenvalue weighted by atomic mass is 32.1. The van der Waals surface area contributed by atoms with Crippen molar-refractivity contribution in [3.63, 3.8) is 0 Å². The maximum absolute atomic E-state index is 12.4. The summed E-state index contributed by atoms with van der Waals surface area (Å²) in [6, 6.07) is 17.0. The van der Waals surface area contributed by atoms with Gasteiger partial charge in [-0.15, -0.1) is 11.3 Å². The fraction of sp³-hybridized carbons (Fsp3) is 0.0870. The zero-order valence-electron chi connectivity index (χ0n) is 16.4. The number of nitrogens with one attached hydrogen (secondary N) is 1. The molecule has 2 heterocycles. The third-order valence-electron chi connectivity index (χ3n) is 4.26. The number of hydrogen-bond acceptors (Lipinski definition) is 5. The zero-order chi connectivity index (χ0) is 20.8. The Kier molecular flexibility index (Phi) is 6.01. The van der Waals surface area contributed by atoms with Crippen LogP contribution in [0, 0.1) is 6.92 Å². The van der Waals surface area contributed by atoms with Crippen LogP contribution in [0.2, 0.25) is 0 Å². The van der Waals surface area contributed by atoms with Gasteiger partial charge < -0.3 is 10.1 Å². The van der Waals surface area contributed by atoms with Crippen molar-refractivity contribution in [1.29, 1.82) is 0 Å². The van der Waals surface area contributed by atoms with Crippen molar-refractivity contribution >= 4 is 29.0 Å². The molecule has 1 N–H and O–H groups in total. The maximum atomic E-state index is 12.4. The Morgan fingerprint density at radius 1 is 1.20 bits per heavy atom. The van der Waals surface area contributed by atoms with Crippen molar-refractivity contribution in [3.8, 4) is 11.4 Å². The van der Waals surface area contributed by atoms with Crippen molar-refractivity contribution in [3.05, 3.63) is 94.7 Å². The Bertz CT molecular complexity index is 1170. The summed E-state index contributed by atoms with van der Waals surface area (Å²) in [6.45, 7) is 2.36. The van der Waals surface area contributed by atoms with E-state index in [0.717, 1.165) is 22.0 Å². The van der Waals surface area contributed by atoms with Gasteiger partial charge in [-0.2, -0.15) is 5.10 Å². The lowest BCUT2D eigenvalue weighted by atomic mass is 10.2. The lowest BCUT2D eigenvalue weighted by molar-refractivity contribution is -0.111. The van der Waals surface area contributed by atoms with Gasteiger partial charge in [-0.05, 0) is 43.3 Å². The molecule has 7 heteroatoms. The Hall–Kier alpha value is -3.71. The number of benzene rings is 2. The fourth-order valence-electron chi connectivity index (χ4n) is 2.87. The van der Waals surface area contributed by atoms with Gasteiger partial charge in [-0.25, -0.2) is 9.67 Å². The number of thiazole rings is 1. The third-order valence-corrected chi connectivity index (χ3v) is 5.08. The molecular weight excluding hydrogens is 396 g/mol. The molecule has 0 atom stereocenters. The summed E-state index contributed by atoms with van der Waals surface area (Å²) in [6.07, 6.45) is 6.80. The number of aryl methyl sites for hydroxylation is 1. The van der Waals surface area contributed by atoms with Gasteiger partial charge in [-0.1, -0.05) is 24.3 Å². The van der Waals surface area contributed by atoms with Crippen LogP contribution in [-0.2, 0) is 11.4 Å². The monoisotopic (exact) mass is 416 g/mol. The van der Waals surface area contributed by atoms with Crippen molar-refractivity contribution < 1.29 is 9.53 Å². The second-order valence-electron chi connectivity index (χ2n) is 6.51. The maximum Gasteiger partial charge on any atom is 0.248 e. The van der Waals surface area contributed by atoms with E-state index < -0.39 is 0 Å². The highest BCUT2D eigenvalue weighted by Gasteiger charge is 2.05. The van der Waals surface area contributed by atoms with E-state index in [-0.39, 0.29) is 5.91 Å². The smallest absolute Gasteiger partial charge is 0.248 e. The molecule has 1 amide bonds. The summed E-state index contributed by atoms with van der Waals surface area (Å²) in [5.41, 5.74) is 3.29. The first kappa shape index (κ1) is 19.6. The molecule has 2 aromatic carbocycles. The van der Waals surface area contributed by atoms with E-state index in [4.69, 9.17) is 4.74 Å². The van der Waals surface area contributed by atoms with E-state index in [0.29, 0.717) is 18.0 Å². The van der Waals surface area contributed by atoms with E-state index in [1.165, 1.54) is 6.08 Å². The van der Waals surface area contributed by atoms with Crippen LogP contribution in [0.1, 0.15) is 16.3 Å². The summed E-state index contributed by atoms with van der Waals surface area (Å²) < 4.78 is 7.63. The molecule has 4 aromatic rings. The average molecular weight is 417 g/mol. The minimum atomic E-state index is -0.224. The molecule has 0 radical (unpaired) electrons. The standard InChI is InChI=1S/C23H20N4O2S/c1-17-25-20(16-30-17)15-29-22-9-3-2-6-18(22)10-11-23(28)26-19-7-4-8-21(14-19)27-13-5-12-24-27/h2-14,16H,15H2,1H3,(H,26,28). The molecule has 0 bridgehead atoms. The summed E-state index contributed by atoms with van der Waals surface area (Å²) in [4.78, 5) is 16.8. The van der Waals surface area contributed by atoms with Gasteiger partial charge in [0.05, 0.1) is 16.4 Å². The SMILES string of the molecule is Cc1nc(COc2ccccc2C=CC(=O)Nc2cccc(-n3cccn3)c2)cs1. The van der Waals surface area contributed by atoms with Gasteiger partial charge in [0.25, 0.3) is 0 Å². The lowest BCUT2D eigenvalue weighted by Crippen LogP contribution is -2.08. The third kappa shape index (κ3) is 5.01. The van der Waals surface area contributed by atoms with Gasteiger partial charge >= 0.3 is 0 Å². The molecular formula is C23H20N4O2S. The minimum absolute atomic E-state index is 0.224. The summed E-state index contributed by atoms with van der Waals surface area (Å²) >= 11 is 1.60. The second-order valence-corrected chi connectivity index (χ2v) is 7.57. The number of aromatic nitrogens is 3. The number of carbonyl (C=O) groups is 1. The van der Waals surface area contributed by atoms with Crippen LogP contribution in [0.5, 0.6) is 5.75 Å². The Balaban J connectivity index is 1.41. The molecule has 6 nitrogen and oxygen atoms in total. The predicted octanol–water partition coefficient (Wildman–Crippen LogP) is 4.87. The highest BCUT2D eigenvalue weighted by Crippen LogP contribution is 2.21. The van der Waals surface area contributed by atoms with Gasteiger partial charge in [0.2, 0.25) is 5.91 Å². The number of para-hydroxylation sites is 1. The van der Waals surface area contributed by atoms with Crippen LogP contribution in [0.3, 0.4) is 0 Å². The van der Waals surface area contributed by atoms with Gasteiger partial charge in [0.1, 0.15) is 12.4 Å². The average Bonchev–Trinajstić information content (AvgIpc) is 3.43. The van der Waals surface area contributed by atoms with Crippen LogP contribution in [0.15, 0.2) is 78.4 Å². The Labute approximate surface area is 178 Å². The van der Waals surface area contributed by atoms with E-state index >= 15 is 0 Å². The number of ether oxygens (including phenoxy) is 1. The summed E-state index contributed by atoms with van der Waals surface area (Å²) in [5, 5.41) is 10.1. The summed E-state index contributed by atoms with van der Waals surface area (Å²) in [7, 11) is 0. The van der Waals surface area contributed by atoms with E-state index in [1.54, 1.807) is 28.3 Å². The molecule has 150 valence electrons. The van der Waals surface area contributed by atoms with Crippen molar-refractivity contribution in [1.82, 2.24) is 14.8 Å². The zero-order valence-corrected chi connectivity index (χ0v) is 17.2. The largest absolute Gasteiger partial charge is 0.487 e. The molecule has 0 aliphatic carbocycles. The molecule has 0 aliphatic heterocycles. The quantitative estimate of drug-likeness (QED) is 0.437. The normalized spacial score (nSPS) is 11.0. The molecule has 0 saturated heterocycles. The van der Waals surface area contributed by atoms with Crippen molar-refractivity contribution in [2.45, 2.75) is 13.5 Å². The number of rotatable bonds is 7. The number of hydrogen-bond donors (Lipinski definition) is 1. The van der Waals surface area contributed by atoms with E-state index in [2.05, 4.69) is 15.4 Å². The van der Waals surface area contributed by atoms with E-state index in [9.17, 15) is 4.79 Å². The minimum Gasteiger partial charge on any atom is -0.487 e. The van der Waals surface area contributed by atoms with Gasteiger partial charge in [-0.3, -0.25) is 4.79 Å². The second kappa shape index (κ2) is 9.19. The molecule has 0 unspecified atom stereocenters. The number of carbonyl (C=O) groups excluding carboxylic acids is 1. The number of amides is 1. The van der Waals surface area contributed by atoms with Gasteiger partial charge in [0.15, 0.2) is 0 Å². The topological polar surface area (TPSA) is 69.0 Å². The molecule has 0 fully saturated rings. The number of anilines is 1. The first-order valence-corrected chi connectivity index (χ1v) is 10.3. The Morgan fingerprint density at radius 3 is 2.90 bits per heavy atom. The van der Waals surface area contributed by atoms with Crippen LogP contribution in [0.4, 0.5) is 5.69 Å².